The summed E-state index contributed by atoms with van der Waals surface area (Å²) < 4.78 is 0. The van der Waals surface area contributed by atoms with Crippen LogP contribution >= 0.6 is 0 Å². The Bertz CT molecular complexity index is 1120. The summed E-state index contributed by atoms with van der Waals surface area (Å²) in [6, 6.07) is 23.4. The topological polar surface area (TPSA) is 61.4 Å². The molecule has 0 radical (unpaired) electrons. The van der Waals surface area contributed by atoms with Crippen molar-refractivity contribution in [1.82, 2.24) is 10.2 Å². The Morgan fingerprint density at radius 3 is 2.33 bits per heavy atom. The van der Waals surface area contributed by atoms with Crippen molar-refractivity contribution in [1.29, 1.82) is 0 Å². The molecule has 0 atom stereocenters. The van der Waals surface area contributed by atoms with E-state index in [0.717, 1.165) is 26.1 Å². The van der Waals surface area contributed by atoms with E-state index < -0.39 is 0 Å². The Balaban J connectivity index is 1.38. The van der Waals surface area contributed by atoms with Crippen LogP contribution in [0.4, 0.5) is 5.69 Å². The van der Waals surface area contributed by atoms with Gasteiger partial charge in [0.25, 0.3) is 11.8 Å². The molecule has 0 bridgehead atoms. The van der Waals surface area contributed by atoms with Gasteiger partial charge in [-0.25, -0.2) is 0 Å². The standard InChI is InChI=1S/C28H31N3O2/c1-20(2)17-29-28(33)25-9-5-6-10-26(25)30-27(32)23-13-11-21(12-14-23)18-31-16-15-22-7-3-4-8-24(22)19-31/h3-14,20H,15-19H2,1-2H3,(H,29,33)(H,30,32). The number of benzene rings is 3. The Kier molecular flexibility index (Phi) is 7.20. The molecule has 170 valence electrons. The van der Waals surface area contributed by atoms with E-state index in [9.17, 15) is 9.59 Å². The molecule has 5 nitrogen and oxygen atoms in total. The van der Waals surface area contributed by atoms with Crippen molar-refractivity contribution < 1.29 is 9.59 Å². The van der Waals surface area contributed by atoms with Crippen LogP contribution in [0, 0.1) is 5.92 Å². The van der Waals surface area contributed by atoms with Crippen molar-refractivity contribution in [3.05, 3.63) is 101 Å². The van der Waals surface area contributed by atoms with Gasteiger partial charge in [-0.2, -0.15) is 0 Å². The smallest absolute Gasteiger partial charge is 0.255 e. The maximum absolute atomic E-state index is 12.8. The SMILES string of the molecule is CC(C)CNC(=O)c1ccccc1NC(=O)c1ccc(CN2CCc3ccccc3C2)cc1. The van der Waals surface area contributed by atoms with Gasteiger partial charge < -0.3 is 10.6 Å². The summed E-state index contributed by atoms with van der Waals surface area (Å²) in [6.07, 6.45) is 1.07. The molecule has 5 heteroatoms. The highest BCUT2D eigenvalue weighted by Crippen LogP contribution is 2.21. The number of hydrogen-bond donors (Lipinski definition) is 2. The predicted molar refractivity (Wildman–Crippen MR) is 132 cm³/mol. The van der Waals surface area contributed by atoms with Crippen molar-refractivity contribution in [2.75, 3.05) is 18.4 Å². The number of nitrogens with one attached hydrogen (secondary N) is 2. The second kappa shape index (κ2) is 10.5. The zero-order chi connectivity index (χ0) is 23.2. The molecule has 3 aromatic rings. The summed E-state index contributed by atoms with van der Waals surface area (Å²) in [7, 11) is 0. The summed E-state index contributed by atoms with van der Waals surface area (Å²) in [6.45, 7) is 7.52. The van der Waals surface area contributed by atoms with E-state index in [2.05, 4.69) is 39.8 Å². The van der Waals surface area contributed by atoms with Crippen LogP contribution in [0.25, 0.3) is 0 Å². The first-order valence-corrected chi connectivity index (χ1v) is 11.6. The van der Waals surface area contributed by atoms with E-state index in [1.165, 1.54) is 16.7 Å². The summed E-state index contributed by atoms with van der Waals surface area (Å²) >= 11 is 0. The summed E-state index contributed by atoms with van der Waals surface area (Å²) in [5, 5.41) is 5.81. The Morgan fingerprint density at radius 2 is 1.58 bits per heavy atom. The molecule has 2 amide bonds. The number of carbonyl (C=O) groups is 2. The molecule has 0 saturated carbocycles. The maximum atomic E-state index is 12.8. The second-order valence-electron chi connectivity index (χ2n) is 9.03. The van der Waals surface area contributed by atoms with Crippen LogP contribution < -0.4 is 10.6 Å². The fraction of sp³-hybridized carbons (Fsp3) is 0.286. The summed E-state index contributed by atoms with van der Waals surface area (Å²) in [5.74, 6) is -0.0514. The number of fused-ring (bicyclic) bond motifs is 1. The van der Waals surface area contributed by atoms with Gasteiger partial charge in [0.15, 0.2) is 0 Å². The number of para-hydroxylation sites is 1. The van der Waals surface area contributed by atoms with Crippen molar-refractivity contribution in [2.24, 2.45) is 5.92 Å². The van der Waals surface area contributed by atoms with E-state index in [0.29, 0.717) is 29.3 Å². The van der Waals surface area contributed by atoms with Gasteiger partial charge in [0.2, 0.25) is 0 Å². The van der Waals surface area contributed by atoms with Crippen molar-refractivity contribution >= 4 is 17.5 Å². The zero-order valence-electron chi connectivity index (χ0n) is 19.3. The molecular weight excluding hydrogens is 410 g/mol. The van der Waals surface area contributed by atoms with E-state index in [-0.39, 0.29) is 11.8 Å². The molecular formula is C28H31N3O2. The third-order valence-electron chi connectivity index (χ3n) is 5.92. The van der Waals surface area contributed by atoms with Crippen LogP contribution in [0.5, 0.6) is 0 Å². The van der Waals surface area contributed by atoms with Gasteiger partial charge >= 0.3 is 0 Å². The third kappa shape index (κ3) is 5.88. The molecule has 1 aliphatic heterocycles. The zero-order valence-corrected chi connectivity index (χ0v) is 19.3. The van der Waals surface area contributed by atoms with Crippen LogP contribution in [0.2, 0.25) is 0 Å². The summed E-state index contributed by atoms with van der Waals surface area (Å²) in [4.78, 5) is 27.8. The lowest BCUT2D eigenvalue weighted by Gasteiger charge is -2.28. The molecule has 3 aromatic carbocycles. The molecule has 33 heavy (non-hydrogen) atoms. The van der Waals surface area contributed by atoms with Gasteiger partial charge in [-0.15, -0.1) is 0 Å². The Morgan fingerprint density at radius 1 is 0.879 bits per heavy atom. The molecule has 4 rings (SSSR count). The number of nitrogens with zero attached hydrogens (tertiary/aromatic N) is 1. The Labute approximate surface area is 195 Å². The normalized spacial score (nSPS) is 13.4. The molecule has 1 aliphatic rings. The lowest BCUT2D eigenvalue weighted by atomic mass is 9.99. The largest absolute Gasteiger partial charge is 0.352 e. The van der Waals surface area contributed by atoms with Gasteiger partial charge in [0, 0.05) is 31.7 Å². The average Bonchev–Trinajstić information content (AvgIpc) is 2.83. The van der Waals surface area contributed by atoms with Crippen LogP contribution in [0.15, 0.2) is 72.8 Å². The van der Waals surface area contributed by atoms with Crippen molar-refractivity contribution in [3.63, 3.8) is 0 Å². The molecule has 0 spiro atoms. The molecule has 2 N–H and O–H groups in total. The molecule has 0 fully saturated rings. The minimum Gasteiger partial charge on any atom is -0.352 e. The van der Waals surface area contributed by atoms with Gasteiger partial charge in [-0.3, -0.25) is 14.5 Å². The third-order valence-corrected chi connectivity index (χ3v) is 5.92. The molecule has 0 aliphatic carbocycles. The highest BCUT2D eigenvalue weighted by molar-refractivity contribution is 6.09. The first-order chi connectivity index (χ1) is 16.0. The summed E-state index contributed by atoms with van der Waals surface area (Å²) in [5.41, 5.74) is 5.57. The molecule has 0 saturated heterocycles. The minimum atomic E-state index is -0.224. The highest BCUT2D eigenvalue weighted by atomic mass is 16.2. The van der Waals surface area contributed by atoms with Gasteiger partial charge in [0.1, 0.15) is 0 Å². The number of hydrogen-bond acceptors (Lipinski definition) is 3. The number of anilines is 1. The fourth-order valence-corrected chi connectivity index (χ4v) is 4.09. The van der Waals surface area contributed by atoms with Crippen LogP contribution in [0.1, 0.15) is 51.3 Å². The fourth-order valence-electron chi connectivity index (χ4n) is 4.09. The monoisotopic (exact) mass is 441 g/mol. The van der Waals surface area contributed by atoms with Crippen LogP contribution in [0.3, 0.4) is 0 Å². The molecule has 0 unspecified atom stereocenters. The van der Waals surface area contributed by atoms with Crippen LogP contribution in [-0.4, -0.2) is 29.8 Å². The minimum absolute atomic E-state index is 0.182. The lowest BCUT2D eigenvalue weighted by molar-refractivity contribution is 0.0950. The predicted octanol–water partition coefficient (Wildman–Crippen LogP) is 4.88. The van der Waals surface area contributed by atoms with Gasteiger partial charge in [-0.1, -0.05) is 62.4 Å². The van der Waals surface area contributed by atoms with Crippen molar-refractivity contribution in [2.45, 2.75) is 33.4 Å². The van der Waals surface area contributed by atoms with Crippen LogP contribution in [-0.2, 0) is 19.5 Å². The maximum Gasteiger partial charge on any atom is 0.255 e. The van der Waals surface area contributed by atoms with Crippen molar-refractivity contribution in [3.8, 4) is 0 Å². The first-order valence-electron chi connectivity index (χ1n) is 11.6. The van der Waals surface area contributed by atoms with E-state index >= 15 is 0 Å². The Hall–Kier alpha value is -3.44. The van der Waals surface area contributed by atoms with E-state index in [1.54, 1.807) is 18.2 Å². The number of carbonyl (C=O) groups excluding carboxylic acids is 2. The number of amides is 2. The van der Waals surface area contributed by atoms with E-state index in [4.69, 9.17) is 0 Å². The van der Waals surface area contributed by atoms with E-state index in [1.807, 2.05) is 44.2 Å². The molecule has 1 heterocycles. The van der Waals surface area contributed by atoms with Gasteiger partial charge in [-0.05, 0) is 53.3 Å². The second-order valence-corrected chi connectivity index (χ2v) is 9.03. The highest BCUT2D eigenvalue weighted by Gasteiger charge is 2.17. The average molecular weight is 442 g/mol. The first kappa shape index (κ1) is 22.7. The molecule has 0 aromatic heterocycles. The quantitative estimate of drug-likeness (QED) is 0.549. The lowest BCUT2D eigenvalue weighted by Crippen LogP contribution is -2.30. The van der Waals surface area contributed by atoms with Gasteiger partial charge in [0.05, 0.1) is 11.3 Å². The number of rotatable bonds is 7.